The molecular formula is C33H46ClN3O5. The average molecular weight is 600 g/mol. The van der Waals surface area contributed by atoms with Gasteiger partial charge in [0.1, 0.15) is 11.2 Å². The van der Waals surface area contributed by atoms with Crippen LogP contribution >= 0.6 is 11.6 Å². The minimum atomic E-state index is -0.0484. The third-order valence-electron chi connectivity index (χ3n) is 6.99. The van der Waals surface area contributed by atoms with Crippen LogP contribution in [0.2, 0.25) is 0 Å². The highest BCUT2D eigenvalue weighted by Gasteiger charge is 2.14. The van der Waals surface area contributed by atoms with Crippen LogP contribution < -0.4 is 20.5 Å². The number of halogens is 1. The second kappa shape index (κ2) is 17.8. The molecule has 3 rings (SSSR count). The number of nitrogens with zero attached hydrogens (tertiary/aromatic N) is 2. The molecule has 0 aliphatic rings. The first-order valence-electron chi connectivity index (χ1n) is 14.9. The van der Waals surface area contributed by atoms with Crippen molar-refractivity contribution in [1.82, 2.24) is 5.32 Å². The Hall–Kier alpha value is -3.07. The van der Waals surface area contributed by atoms with E-state index < -0.39 is 0 Å². The number of hydrogen-bond donors (Lipinski definition) is 1. The van der Waals surface area contributed by atoms with E-state index in [2.05, 4.69) is 5.32 Å². The Morgan fingerprint density at radius 1 is 0.881 bits per heavy atom. The van der Waals surface area contributed by atoms with Crippen LogP contribution in [0.5, 0.6) is 0 Å². The summed E-state index contributed by atoms with van der Waals surface area (Å²) in [5.74, 6) is 0.730. The molecule has 9 heteroatoms. The molecule has 3 aromatic rings. The topological polar surface area (TPSA) is 84.2 Å². The smallest absolute Gasteiger partial charge is 0.220 e. The lowest BCUT2D eigenvalue weighted by Crippen LogP contribution is -2.27. The van der Waals surface area contributed by atoms with Crippen molar-refractivity contribution in [3.05, 3.63) is 52.2 Å². The van der Waals surface area contributed by atoms with E-state index in [1.807, 2.05) is 80.5 Å². The van der Waals surface area contributed by atoms with Crippen LogP contribution in [0.3, 0.4) is 0 Å². The molecule has 0 saturated heterocycles. The Balaban J connectivity index is 1.46. The Kier molecular flexibility index (Phi) is 14.2. The molecule has 2 aromatic carbocycles. The van der Waals surface area contributed by atoms with Gasteiger partial charge < -0.3 is 29.0 Å². The van der Waals surface area contributed by atoms with E-state index in [9.17, 15) is 9.59 Å². The van der Waals surface area contributed by atoms with Crippen LogP contribution in [0.15, 0.2) is 45.6 Å². The normalized spacial score (nSPS) is 11.5. The molecule has 1 aromatic heterocycles. The van der Waals surface area contributed by atoms with Crippen LogP contribution in [0.25, 0.3) is 28.0 Å². The molecule has 0 spiro atoms. The third kappa shape index (κ3) is 10.3. The Labute approximate surface area is 254 Å². The van der Waals surface area contributed by atoms with Gasteiger partial charge in [0.05, 0.1) is 30.6 Å². The van der Waals surface area contributed by atoms with E-state index >= 15 is 0 Å². The number of nitrogens with one attached hydrogen (secondary N) is 1. The molecule has 0 saturated carbocycles. The molecule has 42 heavy (non-hydrogen) atoms. The molecule has 0 unspecified atom stereocenters. The van der Waals surface area contributed by atoms with Gasteiger partial charge in [-0.15, -0.1) is 11.6 Å². The van der Waals surface area contributed by atoms with Crippen molar-refractivity contribution >= 4 is 56.9 Å². The minimum Gasteiger partial charge on any atom is -0.456 e. The Morgan fingerprint density at radius 2 is 1.60 bits per heavy atom. The summed E-state index contributed by atoms with van der Waals surface area (Å²) in [7, 11) is 7.83. The molecule has 230 valence electrons. The summed E-state index contributed by atoms with van der Waals surface area (Å²) >= 11 is 5.67. The number of anilines is 2. The SMILES string of the molecule is CN(C)c1ccc2c(=O)c3c(/C=C/CCCC(=O)NCCOCCOCCCCCCCl)cc(N(C)C)cc3oc2c1. The van der Waals surface area contributed by atoms with Crippen molar-refractivity contribution in [3.63, 3.8) is 0 Å². The zero-order chi connectivity index (χ0) is 30.3. The number of benzene rings is 2. The largest absolute Gasteiger partial charge is 0.456 e. The predicted molar refractivity (Wildman–Crippen MR) is 175 cm³/mol. The summed E-state index contributed by atoms with van der Waals surface area (Å²) in [6.07, 6.45) is 10.2. The van der Waals surface area contributed by atoms with Gasteiger partial charge in [0.15, 0.2) is 0 Å². The lowest BCUT2D eigenvalue weighted by molar-refractivity contribution is -0.121. The van der Waals surface area contributed by atoms with Crippen molar-refractivity contribution in [3.8, 4) is 0 Å². The van der Waals surface area contributed by atoms with Gasteiger partial charge in [0.25, 0.3) is 0 Å². The molecule has 8 nitrogen and oxygen atoms in total. The first-order valence-corrected chi connectivity index (χ1v) is 15.4. The number of carbonyl (C=O) groups is 1. The van der Waals surface area contributed by atoms with Crippen LogP contribution in [-0.2, 0) is 14.3 Å². The van der Waals surface area contributed by atoms with E-state index in [1.54, 1.807) is 0 Å². The number of ether oxygens (including phenoxy) is 2. The summed E-state index contributed by atoms with van der Waals surface area (Å²) in [5, 5.41) is 4.02. The Bertz CT molecular complexity index is 1370. The lowest BCUT2D eigenvalue weighted by atomic mass is 10.0. The highest BCUT2D eigenvalue weighted by Crippen LogP contribution is 2.29. The van der Waals surface area contributed by atoms with Gasteiger partial charge in [-0.1, -0.05) is 25.0 Å². The van der Waals surface area contributed by atoms with Gasteiger partial charge in [0, 0.05) is 77.2 Å². The first kappa shape index (κ1) is 33.4. The van der Waals surface area contributed by atoms with Crippen LogP contribution in [-0.4, -0.2) is 73.0 Å². The fourth-order valence-corrected chi connectivity index (χ4v) is 4.75. The maximum absolute atomic E-state index is 13.5. The molecular weight excluding hydrogens is 554 g/mol. The fraction of sp³-hybridized carbons (Fsp3) is 0.515. The Morgan fingerprint density at radius 3 is 2.33 bits per heavy atom. The highest BCUT2D eigenvalue weighted by molar-refractivity contribution is 6.17. The molecule has 0 aliphatic carbocycles. The second-order valence-electron chi connectivity index (χ2n) is 10.8. The number of amides is 1. The lowest BCUT2D eigenvalue weighted by Gasteiger charge is -2.16. The summed E-state index contributed by atoms with van der Waals surface area (Å²) in [6.45, 7) is 2.79. The zero-order valence-electron chi connectivity index (χ0n) is 25.5. The number of unbranched alkanes of at least 4 members (excludes halogenated alkanes) is 4. The number of hydrogen-bond acceptors (Lipinski definition) is 7. The zero-order valence-corrected chi connectivity index (χ0v) is 26.3. The molecule has 1 heterocycles. The number of fused-ring (bicyclic) bond motifs is 2. The van der Waals surface area contributed by atoms with Gasteiger partial charge in [-0.25, -0.2) is 0 Å². The van der Waals surface area contributed by atoms with Crippen molar-refractivity contribution < 1.29 is 18.7 Å². The molecule has 0 atom stereocenters. The number of carbonyl (C=O) groups excluding carboxylic acids is 1. The predicted octanol–water partition coefficient (Wildman–Crippen LogP) is 6.21. The second-order valence-corrected chi connectivity index (χ2v) is 11.2. The molecule has 0 aliphatic heterocycles. The van der Waals surface area contributed by atoms with E-state index in [1.165, 1.54) is 0 Å². The van der Waals surface area contributed by atoms with E-state index in [-0.39, 0.29) is 11.3 Å². The van der Waals surface area contributed by atoms with E-state index in [0.717, 1.165) is 55.1 Å². The molecule has 1 N–H and O–H groups in total. The summed E-state index contributed by atoms with van der Waals surface area (Å²) in [4.78, 5) is 29.7. The summed E-state index contributed by atoms with van der Waals surface area (Å²) < 4.78 is 17.3. The minimum absolute atomic E-state index is 0.00413. The standard InChI is InChI=1S/C33H46ClN3O5/c1-36(2)26-14-15-28-29(23-26)42-30-24-27(37(3)4)22-25(32(30)33(28)39)12-8-7-9-13-31(38)35-17-19-41-21-20-40-18-11-6-5-10-16-34/h8,12,14-15,22-24H,5-7,9-11,13,16-21H2,1-4H3,(H,35,38)/b12-8+. The van der Waals surface area contributed by atoms with Crippen LogP contribution in [0, 0.1) is 0 Å². The van der Waals surface area contributed by atoms with Gasteiger partial charge in [-0.3, -0.25) is 9.59 Å². The molecule has 0 bridgehead atoms. The van der Waals surface area contributed by atoms with Crippen LogP contribution in [0.4, 0.5) is 11.4 Å². The molecule has 0 radical (unpaired) electrons. The maximum Gasteiger partial charge on any atom is 0.220 e. The van der Waals surface area contributed by atoms with E-state index in [0.29, 0.717) is 67.6 Å². The summed E-state index contributed by atoms with van der Waals surface area (Å²) in [5.41, 5.74) is 3.79. The number of alkyl halides is 1. The van der Waals surface area contributed by atoms with Gasteiger partial charge in [-0.2, -0.15) is 0 Å². The summed E-state index contributed by atoms with van der Waals surface area (Å²) in [6, 6.07) is 9.55. The third-order valence-corrected chi connectivity index (χ3v) is 7.26. The van der Waals surface area contributed by atoms with Crippen molar-refractivity contribution in [2.24, 2.45) is 0 Å². The van der Waals surface area contributed by atoms with Crippen LogP contribution in [0.1, 0.15) is 50.5 Å². The first-order chi connectivity index (χ1) is 20.3. The fourth-order valence-electron chi connectivity index (χ4n) is 4.57. The highest BCUT2D eigenvalue weighted by atomic mass is 35.5. The van der Waals surface area contributed by atoms with E-state index in [4.69, 9.17) is 25.5 Å². The van der Waals surface area contributed by atoms with Gasteiger partial charge in [-0.05, 0) is 49.4 Å². The van der Waals surface area contributed by atoms with Crippen molar-refractivity contribution in [2.45, 2.75) is 44.9 Å². The molecule has 0 fully saturated rings. The van der Waals surface area contributed by atoms with Crippen molar-refractivity contribution in [1.29, 1.82) is 0 Å². The molecule has 1 amide bonds. The quantitative estimate of drug-likeness (QED) is 0.0996. The van der Waals surface area contributed by atoms with Crippen molar-refractivity contribution in [2.75, 3.05) is 76.8 Å². The van der Waals surface area contributed by atoms with Gasteiger partial charge >= 0.3 is 0 Å². The monoisotopic (exact) mass is 599 g/mol. The number of rotatable bonds is 19. The maximum atomic E-state index is 13.5. The number of allylic oxidation sites excluding steroid dienone is 1. The average Bonchev–Trinajstić information content (AvgIpc) is 2.96. The van der Waals surface area contributed by atoms with Gasteiger partial charge in [0.2, 0.25) is 11.3 Å².